The standard InChI is InChI=1S/C21H19N7/c1-14(2)7-8-27-19-6-4-15(11-22)9-18(19)24-21(27)13-28-20-10-16(12-23)3-5-17(20)25-26-28/h3-6,9-10,14H,7-8,13H2,1-2H3. The molecule has 0 fully saturated rings. The molecule has 0 amide bonds. The first-order valence-corrected chi connectivity index (χ1v) is 9.21. The highest BCUT2D eigenvalue weighted by atomic mass is 15.4. The minimum atomic E-state index is 0.444. The van der Waals surface area contributed by atoms with E-state index in [1.54, 1.807) is 22.9 Å². The van der Waals surface area contributed by atoms with Crippen molar-refractivity contribution in [2.24, 2.45) is 5.92 Å². The van der Waals surface area contributed by atoms with Crippen LogP contribution in [0.3, 0.4) is 0 Å². The molecule has 0 saturated carbocycles. The van der Waals surface area contributed by atoms with Gasteiger partial charge in [-0.05, 0) is 48.7 Å². The van der Waals surface area contributed by atoms with Gasteiger partial charge in [0.05, 0.1) is 39.8 Å². The molecule has 0 unspecified atom stereocenters. The maximum absolute atomic E-state index is 9.19. The average Bonchev–Trinajstić information content (AvgIpc) is 3.26. The van der Waals surface area contributed by atoms with Gasteiger partial charge in [-0.25, -0.2) is 9.67 Å². The number of nitriles is 2. The van der Waals surface area contributed by atoms with E-state index in [0.29, 0.717) is 23.6 Å². The van der Waals surface area contributed by atoms with Crippen molar-refractivity contribution in [2.75, 3.05) is 0 Å². The molecule has 4 rings (SSSR count). The summed E-state index contributed by atoms with van der Waals surface area (Å²) in [6, 6.07) is 15.3. The highest BCUT2D eigenvalue weighted by molar-refractivity contribution is 5.78. The highest BCUT2D eigenvalue weighted by Crippen LogP contribution is 2.21. The molecule has 2 aromatic carbocycles. The molecule has 0 aliphatic carbocycles. The quantitative estimate of drug-likeness (QED) is 0.535. The zero-order valence-electron chi connectivity index (χ0n) is 15.8. The molecule has 2 heterocycles. The van der Waals surface area contributed by atoms with Gasteiger partial charge >= 0.3 is 0 Å². The minimum Gasteiger partial charge on any atom is -0.326 e. The molecular weight excluding hydrogens is 350 g/mol. The summed E-state index contributed by atoms with van der Waals surface area (Å²) in [7, 11) is 0. The Bertz CT molecular complexity index is 1250. The summed E-state index contributed by atoms with van der Waals surface area (Å²) in [5.41, 5.74) is 4.53. The largest absolute Gasteiger partial charge is 0.326 e. The second kappa shape index (κ2) is 7.13. The Balaban J connectivity index is 1.80. The molecule has 0 spiro atoms. The first kappa shape index (κ1) is 17.7. The number of fused-ring (bicyclic) bond motifs is 2. The fourth-order valence-electron chi connectivity index (χ4n) is 3.29. The number of imidazole rings is 1. The van der Waals surface area contributed by atoms with Crippen molar-refractivity contribution in [3.05, 3.63) is 53.3 Å². The third kappa shape index (κ3) is 3.19. The van der Waals surface area contributed by atoms with E-state index in [9.17, 15) is 10.5 Å². The Hall–Kier alpha value is -3.71. The van der Waals surface area contributed by atoms with Crippen LogP contribution in [0.5, 0.6) is 0 Å². The Morgan fingerprint density at radius 1 is 0.964 bits per heavy atom. The Morgan fingerprint density at radius 3 is 2.46 bits per heavy atom. The topological polar surface area (TPSA) is 96.1 Å². The lowest BCUT2D eigenvalue weighted by Crippen LogP contribution is -2.11. The van der Waals surface area contributed by atoms with Gasteiger partial charge in [-0.2, -0.15) is 10.5 Å². The van der Waals surface area contributed by atoms with E-state index in [-0.39, 0.29) is 0 Å². The van der Waals surface area contributed by atoms with Crippen molar-refractivity contribution in [1.82, 2.24) is 24.5 Å². The summed E-state index contributed by atoms with van der Waals surface area (Å²) in [6.45, 7) is 5.67. The molecule has 0 aliphatic heterocycles. The number of benzene rings is 2. The number of rotatable bonds is 5. The normalized spacial score (nSPS) is 11.2. The fraction of sp³-hybridized carbons (Fsp3) is 0.286. The van der Waals surface area contributed by atoms with E-state index >= 15 is 0 Å². The van der Waals surface area contributed by atoms with Crippen molar-refractivity contribution >= 4 is 22.1 Å². The maximum Gasteiger partial charge on any atom is 0.131 e. The molecule has 7 heteroatoms. The summed E-state index contributed by atoms with van der Waals surface area (Å²) in [6.07, 6.45) is 1.02. The second-order valence-electron chi connectivity index (χ2n) is 7.24. The van der Waals surface area contributed by atoms with Gasteiger partial charge < -0.3 is 4.57 Å². The number of hydrogen-bond acceptors (Lipinski definition) is 5. The van der Waals surface area contributed by atoms with Crippen molar-refractivity contribution < 1.29 is 0 Å². The van der Waals surface area contributed by atoms with Crippen molar-refractivity contribution in [3.8, 4) is 12.1 Å². The molecule has 0 N–H and O–H groups in total. The van der Waals surface area contributed by atoms with Crippen LogP contribution in [0.15, 0.2) is 36.4 Å². The number of aromatic nitrogens is 5. The van der Waals surface area contributed by atoms with Gasteiger partial charge in [0.25, 0.3) is 0 Å². The lowest BCUT2D eigenvalue weighted by atomic mass is 10.1. The Kier molecular flexibility index (Phi) is 4.50. The summed E-state index contributed by atoms with van der Waals surface area (Å²) < 4.78 is 3.96. The third-order valence-corrected chi connectivity index (χ3v) is 4.82. The van der Waals surface area contributed by atoms with Gasteiger partial charge in [-0.1, -0.05) is 19.1 Å². The predicted octanol–water partition coefficient (Wildman–Crippen LogP) is 3.62. The minimum absolute atomic E-state index is 0.444. The molecule has 138 valence electrons. The van der Waals surface area contributed by atoms with Crippen LogP contribution in [0.4, 0.5) is 0 Å². The van der Waals surface area contributed by atoms with Crippen LogP contribution in [0.2, 0.25) is 0 Å². The van der Waals surface area contributed by atoms with Crippen molar-refractivity contribution in [2.45, 2.75) is 33.4 Å². The van der Waals surface area contributed by atoms with Gasteiger partial charge in [0.2, 0.25) is 0 Å². The van der Waals surface area contributed by atoms with Crippen molar-refractivity contribution in [1.29, 1.82) is 10.5 Å². The Labute approximate surface area is 162 Å². The Morgan fingerprint density at radius 2 is 1.71 bits per heavy atom. The van der Waals surface area contributed by atoms with Crippen molar-refractivity contribution in [3.63, 3.8) is 0 Å². The third-order valence-electron chi connectivity index (χ3n) is 4.82. The van der Waals surface area contributed by atoms with Crippen LogP contribution in [-0.2, 0) is 13.1 Å². The first-order valence-electron chi connectivity index (χ1n) is 9.21. The smallest absolute Gasteiger partial charge is 0.131 e. The molecule has 2 aromatic heterocycles. The monoisotopic (exact) mass is 369 g/mol. The predicted molar refractivity (Wildman–Crippen MR) is 105 cm³/mol. The summed E-state index contributed by atoms with van der Waals surface area (Å²) in [5.74, 6) is 1.42. The number of hydrogen-bond donors (Lipinski definition) is 0. The van der Waals surface area contributed by atoms with E-state index in [4.69, 9.17) is 4.98 Å². The zero-order chi connectivity index (χ0) is 19.7. The first-order chi connectivity index (χ1) is 13.6. The molecule has 7 nitrogen and oxygen atoms in total. The van der Waals surface area contributed by atoms with Crippen LogP contribution in [-0.4, -0.2) is 24.5 Å². The molecule has 4 aromatic rings. The van der Waals surface area contributed by atoms with E-state index in [1.165, 1.54) is 0 Å². The fourth-order valence-corrected chi connectivity index (χ4v) is 3.29. The van der Waals surface area contributed by atoms with E-state index in [0.717, 1.165) is 40.9 Å². The van der Waals surface area contributed by atoms with Crippen LogP contribution in [0.1, 0.15) is 37.2 Å². The zero-order valence-corrected chi connectivity index (χ0v) is 15.8. The summed E-state index contributed by atoms with van der Waals surface area (Å²) >= 11 is 0. The summed E-state index contributed by atoms with van der Waals surface area (Å²) in [5, 5.41) is 26.8. The molecular formula is C21H19N7. The van der Waals surface area contributed by atoms with Gasteiger partial charge in [-0.15, -0.1) is 5.10 Å². The second-order valence-corrected chi connectivity index (χ2v) is 7.24. The van der Waals surface area contributed by atoms with E-state index in [1.807, 2.05) is 18.2 Å². The average molecular weight is 369 g/mol. The number of nitrogens with zero attached hydrogens (tertiary/aromatic N) is 7. The van der Waals surface area contributed by atoms with E-state index < -0.39 is 0 Å². The van der Waals surface area contributed by atoms with Crippen LogP contribution in [0, 0.1) is 28.6 Å². The summed E-state index contributed by atoms with van der Waals surface area (Å²) in [4.78, 5) is 4.78. The van der Waals surface area contributed by atoms with E-state index in [2.05, 4.69) is 40.9 Å². The van der Waals surface area contributed by atoms with Gasteiger partial charge in [-0.3, -0.25) is 0 Å². The molecule has 0 radical (unpaired) electrons. The molecule has 0 saturated heterocycles. The molecule has 28 heavy (non-hydrogen) atoms. The van der Waals surface area contributed by atoms with Crippen LogP contribution in [0.25, 0.3) is 22.1 Å². The van der Waals surface area contributed by atoms with Crippen LogP contribution < -0.4 is 0 Å². The van der Waals surface area contributed by atoms with Crippen LogP contribution >= 0.6 is 0 Å². The number of aryl methyl sites for hydroxylation is 1. The highest BCUT2D eigenvalue weighted by Gasteiger charge is 2.15. The lowest BCUT2D eigenvalue weighted by molar-refractivity contribution is 0.503. The van der Waals surface area contributed by atoms with Gasteiger partial charge in [0.15, 0.2) is 0 Å². The lowest BCUT2D eigenvalue weighted by Gasteiger charge is -2.11. The molecule has 0 aliphatic rings. The van der Waals surface area contributed by atoms with Gasteiger partial charge in [0, 0.05) is 6.54 Å². The molecule has 0 bridgehead atoms. The maximum atomic E-state index is 9.19. The SMILES string of the molecule is CC(C)CCn1c(Cn2nnc3ccc(C#N)cc32)nc2cc(C#N)ccc21. The molecule has 0 atom stereocenters. The van der Waals surface area contributed by atoms with Gasteiger partial charge in [0.1, 0.15) is 17.9 Å².